The third-order valence-electron chi connectivity index (χ3n) is 3.39. The molecule has 5 nitrogen and oxygen atoms in total. The maximum absolute atomic E-state index is 12.6. The number of benzene rings is 2. The second-order valence-electron chi connectivity index (χ2n) is 4.99. The summed E-state index contributed by atoms with van der Waals surface area (Å²) in [5.41, 5.74) is 1.47. The Hall–Kier alpha value is -2.25. The van der Waals surface area contributed by atoms with Crippen LogP contribution in [0.15, 0.2) is 48.5 Å². The molecule has 0 saturated carbocycles. The first-order chi connectivity index (χ1) is 11.0. The summed E-state index contributed by atoms with van der Waals surface area (Å²) in [5.74, 6) is 0.253. The minimum atomic E-state index is -0.315. The molecule has 1 fully saturated rings. The van der Waals surface area contributed by atoms with Gasteiger partial charge in [0.1, 0.15) is 21.1 Å². The van der Waals surface area contributed by atoms with Crippen LogP contribution in [0.1, 0.15) is 0 Å². The lowest BCUT2D eigenvalue weighted by Gasteiger charge is -2.16. The van der Waals surface area contributed by atoms with Crippen LogP contribution in [-0.4, -0.2) is 32.2 Å². The van der Waals surface area contributed by atoms with Gasteiger partial charge in [0, 0.05) is 12.2 Å². The molecule has 1 heterocycles. The highest BCUT2D eigenvalue weighted by molar-refractivity contribution is 8.25. The Kier molecular flexibility index (Phi) is 4.40. The van der Waals surface area contributed by atoms with E-state index in [4.69, 9.17) is 12.2 Å². The SMILES string of the molecule is O=C1C(CNc2ccc(O)cc2)SC(=S)N1c1ccc(O)cc1. The van der Waals surface area contributed by atoms with Crippen molar-refractivity contribution in [3.05, 3.63) is 48.5 Å². The molecular weight excluding hydrogens is 332 g/mol. The lowest BCUT2D eigenvalue weighted by Crippen LogP contribution is -2.33. The molecule has 0 aliphatic carbocycles. The van der Waals surface area contributed by atoms with Gasteiger partial charge in [-0.05, 0) is 48.5 Å². The lowest BCUT2D eigenvalue weighted by atomic mass is 10.2. The van der Waals surface area contributed by atoms with Crippen LogP contribution in [0.2, 0.25) is 0 Å². The number of hydrogen-bond acceptors (Lipinski definition) is 6. The number of anilines is 2. The molecule has 0 radical (unpaired) electrons. The maximum atomic E-state index is 12.6. The minimum Gasteiger partial charge on any atom is -0.508 e. The molecule has 1 atom stereocenters. The van der Waals surface area contributed by atoms with Crippen molar-refractivity contribution >= 4 is 45.6 Å². The van der Waals surface area contributed by atoms with Gasteiger partial charge >= 0.3 is 0 Å². The number of nitrogens with one attached hydrogen (secondary N) is 1. The number of amides is 1. The van der Waals surface area contributed by atoms with Gasteiger partial charge in [-0.25, -0.2) is 0 Å². The van der Waals surface area contributed by atoms with E-state index in [-0.39, 0.29) is 22.7 Å². The third-order valence-corrected chi connectivity index (χ3v) is 4.90. The fourth-order valence-electron chi connectivity index (χ4n) is 2.21. The van der Waals surface area contributed by atoms with Crippen LogP contribution in [-0.2, 0) is 4.79 Å². The van der Waals surface area contributed by atoms with Gasteiger partial charge in [-0.3, -0.25) is 9.69 Å². The summed E-state index contributed by atoms with van der Waals surface area (Å²) in [7, 11) is 0. The number of rotatable bonds is 4. The Bertz CT molecular complexity index is 732. The van der Waals surface area contributed by atoms with E-state index in [1.165, 1.54) is 28.8 Å². The van der Waals surface area contributed by atoms with E-state index in [0.717, 1.165) is 5.69 Å². The van der Waals surface area contributed by atoms with Gasteiger partial charge in [-0.2, -0.15) is 0 Å². The molecule has 0 bridgehead atoms. The number of phenolic OH excluding ortho intramolecular Hbond substituents is 2. The number of thiocarbonyl (C=S) groups is 1. The molecule has 0 spiro atoms. The van der Waals surface area contributed by atoms with Crippen molar-refractivity contribution in [3.63, 3.8) is 0 Å². The summed E-state index contributed by atoms with van der Waals surface area (Å²) in [4.78, 5) is 14.0. The average Bonchev–Trinajstić information content (AvgIpc) is 2.82. The van der Waals surface area contributed by atoms with Gasteiger partial charge < -0.3 is 15.5 Å². The Morgan fingerprint density at radius 1 is 1.04 bits per heavy atom. The zero-order valence-electron chi connectivity index (χ0n) is 12.0. The molecule has 2 aromatic rings. The van der Waals surface area contributed by atoms with Gasteiger partial charge in [0.2, 0.25) is 5.91 Å². The van der Waals surface area contributed by atoms with E-state index in [0.29, 0.717) is 16.6 Å². The molecule has 7 heteroatoms. The zero-order chi connectivity index (χ0) is 16.4. The standard InChI is InChI=1S/C16H14N2O3S2/c19-12-5-1-10(2-6-12)17-9-14-15(21)18(16(22)23-14)11-3-7-13(20)8-4-11/h1-8,14,17,19-20H,9H2. The highest BCUT2D eigenvalue weighted by Gasteiger charge is 2.37. The second kappa shape index (κ2) is 6.47. The van der Waals surface area contributed by atoms with E-state index in [2.05, 4.69) is 5.32 Å². The van der Waals surface area contributed by atoms with Crippen molar-refractivity contribution in [2.75, 3.05) is 16.8 Å². The van der Waals surface area contributed by atoms with Gasteiger partial charge in [0.25, 0.3) is 0 Å². The number of phenols is 2. The number of aromatic hydroxyl groups is 2. The van der Waals surface area contributed by atoms with E-state index < -0.39 is 0 Å². The Balaban J connectivity index is 1.68. The summed E-state index contributed by atoms with van der Waals surface area (Å²) in [6.07, 6.45) is 0. The predicted molar refractivity (Wildman–Crippen MR) is 96.2 cm³/mol. The lowest BCUT2D eigenvalue weighted by molar-refractivity contribution is -0.116. The summed E-state index contributed by atoms with van der Waals surface area (Å²) >= 11 is 6.64. The highest BCUT2D eigenvalue weighted by Crippen LogP contribution is 2.33. The van der Waals surface area contributed by atoms with Gasteiger partial charge in [0.05, 0.1) is 5.69 Å². The van der Waals surface area contributed by atoms with Crippen molar-refractivity contribution in [2.45, 2.75) is 5.25 Å². The third kappa shape index (κ3) is 3.40. The molecule has 1 aliphatic rings. The zero-order valence-corrected chi connectivity index (χ0v) is 13.6. The quantitative estimate of drug-likeness (QED) is 0.584. The Morgan fingerprint density at radius 2 is 1.61 bits per heavy atom. The molecule has 2 aromatic carbocycles. The highest BCUT2D eigenvalue weighted by atomic mass is 32.2. The Morgan fingerprint density at radius 3 is 2.22 bits per heavy atom. The average molecular weight is 346 g/mol. The van der Waals surface area contributed by atoms with Gasteiger partial charge in [-0.15, -0.1) is 0 Å². The molecule has 1 amide bonds. The minimum absolute atomic E-state index is 0.0861. The normalized spacial score (nSPS) is 17.6. The largest absolute Gasteiger partial charge is 0.508 e. The van der Waals surface area contributed by atoms with Gasteiger partial charge in [-0.1, -0.05) is 24.0 Å². The van der Waals surface area contributed by atoms with Crippen LogP contribution in [0.25, 0.3) is 0 Å². The first kappa shape index (κ1) is 15.6. The van der Waals surface area contributed by atoms with Crippen LogP contribution < -0.4 is 10.2 Å². The van der Waals surface area contributed by atoms with E-state index in [9.17, 15) is 15.0 Å². The fraction of sp³-hybridized carbons (Fsp3) is 0.125. The van der Waals surface area contributed by atoms with Crippen LogP contribution in [0.3, 0.4) is 0 Å². The number of carbonyl (C=O) groups excluding carboxylic acids is 1. The number of carbonyl (C=O) groups is 1. The first-order valence-corrected chi connectivity index (χ1v) is 8.20. The van der Waals surface area contributed by atoms with Crippen LogP contribution in [0.5, 0.6) is 11.5 Å². The number of nitrogens with zero attached hydrogens (tertiary/aromatic N) is 1. The van der Waals surface area contributed by atoms with Crippen molar-refractivity contribution in [1.82, 2.24) is 0 Å². The summed E-state index contributed by atoms with van der Waals surface area (Å²) < 4.78 is 0.498. The number of hydrogen-bond donors (Lipinski definition) is 3. The van der Waals surface area contributed by atoms with E-state index >= 15 is 0 Å². The molecule has 1 saturated heterocycles. The molecule has 3 N–H and O–H groups in total. The second-order valence-corrected chi connectivity index (χ2v) is 6.83. The van der Waals surface area contributed by atoms with E-state index in [1.54, 1.807) is 36.4 Å². The fourth-order valence-corrected chi connectivity index (χ4v) is 3.67. The molecule has 1 unspecified atom stereocenters. The van der Waals surface area contributed by atoms with Crippen molar-refractivity contribution in [1.29, 1.82) is 0 Å². The van der Waals surface area contributed by atoms with Crippen LogP contribution in [0, 0.1) is 0 Å². The molecule has 23 heavy (non-hydrogen) atoms. The topological polar surface area (TPSA) is 72.8 Å². The Labute approximate surface area is 142 Å². The molecule has 3 rings (SSSR count). The molecule has 118 valence electrons. The van der Waals surface area contributed by atoms with Crippen molar-refractivity contribution in [3.8, 4) is 11.5 Å². The van der Waals surface area contributed by atoms with Crippen molar-refractivity contribution in [2.24, 2.45) is 0 Å². The smallest absolute Gasteiger partial charge is 0.247 e. The van der Waals surface area contributed by atoms with Crippen LogP contribution in [0.4, 0.5) is 11.4 Å². The molecular formula is C16H14N2O3S2. The van der Waals surface area contributed by atoms with E-state index in [1.807, 2.05) is 0 Å². The monoisotopic (exact) mass is 346 g/mol. The molecule has 1 aliphatic heterocycles. The maximum Gasteiger partial charge on any atom is 0.247 e. The first-order valence-electron chi connectivity index (χ1n) is 6.91. The number of thioether (sulfide) groups is 1. The molecule has 0 aromatic heterocycles. The summed E-state index contributed by atoms with van der Waals surface area (Å²) in [5, 5.41) is 21.5. The summed E-state index contributed by atoms with van der Waals surface area (Å²) in [6.45, 7) is 0.434. The van der Waals surface area contributed by atoms with Crippen molar-refractivity contribution < 1.29 is 15.0 Å². The predicted octanol–water partition coefficient (Wildman–Crippen LogP) is 2.94. The summed E-state index contributed by atoms with van der Waals surface area (Å²) in [6, 6.07) is 13.0. The van der Waals surface area contributed by atoms with Crippen LogP contribution >= 0.6 is 24.0 Å². The van der Waals surface area contributed by atoms with Gasteiger partial charge in [0.15, 0.2) is 0 Å².